The summed E-state index contributed by atoms with van der Waals surface area (Å²) in [5, 5.41) is 2.45. The van der Waals surface area contributed by atoms with Crippen molar-refractivity contribution in [2.45, 2.75) is 13.5 Å². The topological polar surface area (TPSA) is 50.7 Å². The minimum Gasteiger partial charge on any atom is -0.343 e. The Hall–Kier alpha value is -2.59. The summed E-state index contributed by atoms with van der Waals surface area (Å²) in [5.41, 5.74) is 2.66. The molecule has 0 aliphatic carbocycles. The van der Waals surface area contributed by atoms with Gasteiger partial charge in [0.1, 0.15) is 5.82 Å². The molecule has 0 radical (unpaired) electrons. The van der Waals surface area contributed by atoms with Crippen molar-refractivity contribution in [2.24, 2.45) is 0 Å². The number of halogens is 1. The number of hydrogen-bond donors (Lipinski definition) is 1. The molecular formula is C18H14ClN3O. The highest BCUT2D eigenvalue weighted by molar-refractivity contribution is 6.31. The number of benzene rings is 2. The van der Waals surface area contributed by atoms with Gasteiger partial charge in [0, 0.05) is 28.7 Å². The van der Waals surface area contributed by atoms with Gasteiger partial charge in [-0.05, 0) is 42.8 Å². The van der Waals surface area contributed by atoms with Crippen LogP contribution in [-0.4, -0.2) is 14.5 Å². The summed E-state index contributed by atoms with van der Waals surface area (Å²) in [6.07, 6.45) is 2.01. The predicted octanol–water partition coefficient (Wildman–Crippen LogP) is 3.89. The summed E-state index contributed by atoms with van der Waals surface area (Å²) >= 11 is 6.04. The Balaban J connectivity index is 1.88. The van der Waals surface area contributed by atoms with Crippen LogP contribution in [0.1, 0.15) is 11.4 Å². The van der Waals surface area contributed by atoms with E-state index in [1.165, 1.54) is 0 Å². The van der Waals surface area contributed by atoms with E-state index in [9.17, 15) is 4.79 Å². The van der Waals surface area contributed by atoms with Crippen LogP contribution in [0.5, 0.6) is 0 Å². The molecule has 0 saturated heterocycles. The third kappa shape index (κ3) is 2.41. The molecule has 0 saturated carbocycles. The van der Waals surface area contributed by atoms with Gasteiger partial charge < -0.3 is 9.55 Å². The molecule has 0 bridgehead atoms. The van der Waals surface area contributed by atoms with E-state index >= 15 is 0 Å². The summed E-state index contributed by atoms with van der Waals surface area (Å²) in [6, 6.07) is 13.6. The van der Waals surface area contributed by atoms with Crippen molar-refractivity contribution in [3.63, 3.8) is 0 Å². The number of nitrogens with zero attached hydrogens (tertiary/aromatic N) is 2. The van der Waals surface area contributed by atoms with E-state index in [0.29, 0.717) is 17.8 Å². The summed E-state index contributed by atoms with van der Waals surface area (Å²) in [7, 11) is 0. The van der Waals surface area contributed by atoms with E-state index in [0.717, 1.165) is 27.0 Å². The van der Waals surface area contributed by atoms with Crippen LogP contribution in [0.2, 0.25) is 5.02 Å². The molecule has 2 aromatic heterocycles. The van der Waals surface area contributed by atoms with Crippen molar-refractivity contribution in [3.05, 3.63) is 75.4 Å². The van der Waals surface area contributed by atoms with Gasteiger partial charge in [0.2, 0.25) is 0 Å². The van der Waals surface area contributed by atoms with Crippen molar-refractivity contribution < 1.29 is 0 Å². The lowest BCUT2D eigenvalue weighted by Crippen LogP contribution is -2.13. The Morgan fingerprint density at radius 2 is 2.09 bits per heavy atom. The van der Waals surface area contributed by atoms with Gasteiger partial charge >= 0.3 is 0 Å². The van der Waals surface area contributed by atoms with Crippen LogP contribution >= 0.6 is 11.6 Å². The van der Waals surface area contributed by atoms with E-state index in [1.807, 2.05) is 48.7 Å². The van der Waals surface area contributed by atoms with Crippen molar-refractivity contribution >= 4 is 33.4 Å². The van der Waals surface area contributed by atoms with Gasteiger partial charge in [0.25, 0.3) is 5.56 Å². The molecule has 0 amide bonds. The van der Waals surface area contributed by atoms with E-state index in [-0.39, 0.29) is 5.56 Å². The van der Waals surface area contributed by atoms with Crippen LogP contribution in [0.15, 0.2) is 53.5 Å². The molecule has 5 heteroatoms. The molecule has 0 fully saturated rings. The minimum absolute atomic E-state index is 0.0948. The zero-order chi connectivity index (χ0) is 16.0. The number of hydrogen-bond acceptors (Lipinski definition) is 2. The van der Waals surface area contributed by atoms with Gasteiger partial charge in [-0.25, -0.2) is 4.98 Å². The SMILES string of the molecule is Cc1nc2cccc(Cn3ccc4cc(Cl)ccc43)c2c(=O)[nH]1. The van der Waals surface area contributed by atoms with Crippen molar-refractivity contribution in [3.8, 4) is 0 Å². The first-order valence-corrected chi connectivity index (χ1v) is 7.72. The number of nitrogens with one attached hydrogen (secondary N) is 1. The molecule has 1 N–H and O–H groups in total. The molecule has 0 spiro atoms. The van der Waals surface area contributed by atoms with Crippen LogP contribution in [0, 0.1) is 6.92 Å². The maximum atomic E-state index is 12.3. The smallest absolute Gasteiger partial charge is 0.259 e. The quantitative estimate of drug-likeness (QED) is 0.608. The van der Waals surface area contributed by atoms with Crippen molar-refractivity contribution in [1.29, 1.82) is 0 Å². The molecule has 2 aromatic carbocycles. The molecule has 4 nitrogen and oxygen atoms in total. The number of H-pyrrole nitrogens is 1. The minimum atomic E-state index is -0.0948. The molecule has 0 aliphatic rings. The molecule has 0 atom stereocenters. The fourth-order valence-corrected chi connectivity index (χ4v) is 3.18. The fourth-order valence-electron chi connectivity index (χ4n) is 3.00. The van der Waals surface area contributed by atoms with Gasteiger partial charge in [-0.2, -0.15) is 0 Å². The standard InChI is InChI=1S/C18H14ClN3O/c1-11-20-15-4-2-3-13(17(15)18(23)21-11)10-22-8-7-12-9-14(19)5-6-16(12)22/h2-9H,10H2,1H3,(H,20,21,23). The van der Waals surface area contributed by atoms with Crippen LogP contribution in [0.25, 0.3) is 21.8 Å². The summed E-state index contributed by atoms with van der Waals surface area (Å²) < 4.78 is 2.11. The van der Waals surface area contributed by atoms with Gasteiger partial charge in [-0.3, -0.25) is 4.79 Å². The molecular weight excluding hydrogens is 310 g/mol. The normalized spacial score (nSPS) is 11.4. The highest BCUT2D eigenvalue weighted by atomic mass is 35.5. The van der Waals surface area contributed by atoms with E-state index in [4.69, 9.17) is 11.6 Å². The third-order valence-electron chi connectivity index (χ3n) is 4.01. The van der Waals surface area contributed by atoms with Gasteiger partial charge in [0.15, 0.2) is 0 Å². The average molecular weight is 324 g/mol. The first kappa shape index (κ1) is 14.0. The highest BCUT2D eigenvalue weighted by Gasteiger charge is 2.09. The van der Waals surface area contributed by atoms with Gasteiger partial charge in [0.05, 0.1) is 10.9 Å². The maximum Gasteiger partial charge on any atom is 0.259 e. The third-order valence-corrected chi connectivity index (χ3v) is 4.25. The van der Waals surface area contributed by atoms with Crippen LogP contribution in [0.3, 0.4) is 0 Å². The van der Waals surface area contributed by atoms with Gasteiger partial charge in [-0.15, -0.1) is 0 Å². The zero-order valence-corrected chi connectivity index (χ0v) is 13.3. The largest absolute Gasteiger partial charge is 0.343 e. The van der Waals surface area contributed by atoms with Crippen LogP contribution in [-0.2, 0) is 6.54 Å². The first-order valence-electron chi connectivity index (χ1n) is 7.35. The molecule has 0 aliphatic heterocycles. The molecule has 23 heavy (non-hydrogen) atoms. The van der Waals surface area contributed by atoms with Crippen LogP contribution in [0.4, 0.5) is 0 Å². The molecule has 4 aromatic rings. The Morgan fingerprint density at radius 3 is 2.96 bits per heavy atom. The maximum absolute atomic E-state index is 12.3. The fraction of sp³-hybridized carbons (Fsp3) is 0.111. The van der Waals surface area contributed by atoms with E-state index in [1.54, 1.807) is 6.92 Å². The highest BCUT2D eigenvalue weighted by Crippen LogP contribution is 2.22. The molecule has 114 valence electrons. The summed E-state index contributed by atoms with van der Waals surface area (Å²) in [4.78, 5) is 19.5. The predicted molar refractivity (Wildman–Crippen MR) is 93.2 cm³/mol. The summed E-state index contributed by atoms with van der Waals surface area (Å²) in [6.45, 7) is 2.40. The second-order valence-corrected chi connectivity index (χ2v) is 6.05. The lowest BCUT2D eigenvalue weighted by Gasteiger charge is -2.09. The van der Waals surface area contributed by atoms with E-state index < -0.39 is 0 Å². The summed E-state index contributed by atoms with van der Waals surface area (Å²) in [5.74, 6) is 0.626. The van der Waals surface area contributed by atoms with Crippen LogP contribution < -0.4 is 5.56 Å². The Kier molecular flexibility index (Phi) is 3.20. The lowest BCUT2D eigenvalue weighted by molar-refractivity contribution is 0.841. The second kappa shape index (κ2) is 5.25. The Bertz CT molecular complexity index is 1090. The Morgan fingerprint density at radius 1 is 1.22 bits per heavy atom. The molecule has 0 unspecified atom stereocenters. The number of fused-ring (bicyclic) bond motifs is 2. The first-order chi connectivity index (χ1) is 11.1. The van der Waals surface area contributed by atoms with Gasteiger partial charge in [-0.1, -0.05) is 23.7 Å². The van der Waals surface area contributed by atoms with E-state index in [2.05, 4.69) is 14.5 Å². The molecule has 2 heterocycles. The lowest BCUT2D eigenvalue weighted by atomic mass is 10.1. The zero-order valence-electron chi connectivity index (χ0n) is 12.5. The molecule has 4 rings (SSSR count). The van der Waals surface area contributed by atoms with Crippen molar-refractivity contribution in [2.75, 3.05) is 0 Å². The second-order valence-electron chi connectivity index (χ2n) is 5.61. The Labute approximate surface area is 137 Å². The number of rotatable bonds is 2. The average Bonchev–Trinajstić information content (AvgIpc) is 2.89. The van der Waals surface area contributed by atoms with Crippen molar-refractivity contribution in [1.82, 2.24) is 14.5 Å². The monoisotopic (exact) mass is 323 g/mol. The number of aryl methyl sites for hydroxylation is 1. The number of aromatic nitrogens is 3. The number of aromatic amines is 1.